The summed E-state index contributed by atoms with van der Waals surface area (Å²) in [4.78, 5) is 0. The molecule has 0 saturated heterocycles. The molecule has 0 aliphatic heterocycles. The van der Waals surface area contributed by atoms with Gasteiger partial charge in [-0.15, -0.1) is 0 Å². The minimum absolute atomic E-state index is 0.384. The molecule has 27 heavy (non-hydrogen) atoms. The van der Waals surface area contributed by atoms with Gasteiger partial charge in [0.1, 0.15) is 0 Å². The number of allylic oxidation sites excluding steroid dienone is 1. The van der Waals surface area contributed by atoms with Crippen molar-refractivity contribution in [2.24, 2.45) is 17.4 Å². The van der Waals surface area contributed by atoms with Gasteiger partial charge in [0.15, 0.2) is 0 Å². The molecule has 0 heterocycles. The van der Waals surface area contributed by atoms with Crippen molar-refractivity contribution in [2.45, 2.75) is 47.1 Å². The first kappa shape index (κ1) is 27.1. The second kappa shape index (κ2) is 18.6. The molecule has 2 aromatic carbocycles. The molecule has 2 nitrogen and oxygen atoms in total. The summed E-state index contributed by atoms with van der Waals surface area (Å²) in [7, 11) is 0. The summed E-state index contributed by atoms with van der Waals surface area (Å²) in [5, 5.41) is 0. The third kappa shape index (κ3) is 20.0. The van der Waals surface area contributed by atoms with E-state index in [1.54, 1.807) is 0 Å². The van der Waals surface area contributed by atoms with Crippen LogP contribution in [0.1, 0.15) is 52.2 Å². The zero-order valence-electron chi connectivity index (χ0n) is 18.0. The van der Waals surface area contributed by atoms with E-state index in [1.165, 1.54) is 11.1 Å². The molecule has 2 aromatic rings. The van der Waals surface area contributed by atoms with Crippen LogP contribution in [0.15, 0.2) is 73.8 Å². The van der Waals surface area contributed by atoms with Crippen molar-refractivity contribution in [1.82, 2.24) is 0 Å². The van der Waals surface area contributed by atoms with E-state index in [9.17, 15) is 0 Å². The zero-order valence-corrected chi connectivity index (χ0v) is 18.0. The fraction of sp³-hybridized carbons (Fsp3) is 0.360. The highest BCUT2D eigenvalue weighted by Crippen LogP contribution is 2.08. The highest BCUT2D eigenvalue weighted by molar-refractivity contribution is 5.60. The molecule has 0 fully saturated rings. The topological polar surface area (TPSA) is 52.0 Å². The summed E-state index contributed by atoms with van der Waals surface area (Å²) in [5.74, 6) is 0.662. The maximum Gasteiger partial charge on any atom is 0.000781 e. The molecule has 0 saturated carbocycles. The fourth-order valence-electron chi connectivity index (χ4n) is 1.31. The van der Waals surface area contributed by atoms with Crippen molar-refractivity contribution >= 4 is 11.6 Å². The standard InChI is InChI=1S/C9H10.C8H8.2C4H11N/c1-8(2)9-6-4-3-5-7-9;1-2-8-6-4-3-5-7-8;1-4(2)3-5;1-3-4(2)5/h3-7H,1H2,2H3;2-7H,1H2;2*4H,3,5H2,1-2H3. The third-order valence-electron chi connectivity index (χ3n) is 3.42. The summed E-state index contributed by atoms with van der Waals surface area (Å²) in [5.41, 5.74) is 14.0. The highest BCUT2D eigenvalue weighted by atomic mass is 14.6. The summed E-state index contributed by atoms with van der Waals surface area (Å²) in [6.45, 7) is 18.5. The monoisotopic (exact) mass is 368 g/mol. The number of nitrogens with two attached hydrogens (primary N) is 2. The Kier molecular flexibility index (Phi) is 18.7. The van der Waals surface area contributed by atoms with E-state index in [0.717, 1.165) is 18.5 Å². The van der Waals surface area contributed by atoms with Crippen LogP contribution in [0.5, 0.6) is 0 Å². The van der Waals surface area contributed by atoms with Crippen LogP contribution in [-0.4, -0.2) is 12.6 Å². The Balaban J connectivity index is 0. The quantitative estimate of drug-likeness (QED) is 0.656. The molecular formula is C25H40N2. The summed E-state index contributed by atoms with van der Waals surface area (Å²) < 4.78 is 0. The van der Waals surface area contributed by atoms with E-state index in [2.05, 4.69) is 46.1 Å². The van der Waals surface area contributed by atoms with Gasteiger partial charge in [-0.2, -0.15) is 0 Å². The lowest BCUT2D eigenvalue weighted by Crippen LogP contribution is -2.11. The lowest BCUT2D eigenvalue weighted by Gasteiger charge is -1.94. The van der Waals surface area contributed by atoms with E-state index < -0.39 is 0 Å². The van der Waals surface area contributed by atoms with Gasteiger partial charge < -0.3 is 11.5 Å². The Morgan fingerprint density at radius 1 is 0.963 bits per heavy atom. The lowest BCUT2D eigenvalue weighted by molar-refractivity contribution is 0.664. The lowest BCUT2D eigenvalue weighted by atomic mass is 10.1. The van der Waals surface area contributed by atoms with Gasteiger partial charge in [-0.25, -0.2) is 0 Å². The molecule has 2 heteroatoms. The van der Waals surface area contributed by atoms with Crippen LogP contribution in [0.2, 0.25) is 0 Å². The van der Waals surface area contributed by atoms with Gasteiger partial charge in [-0.3, -0.25) is 0 Å². The molecule has 0 amide bonds. The van der Waals surface area contributed by atoms with Crippen molar-refractivity contribution in [3.8, 4) is 0 Å². The van der Waals surface area contributed by atoms with E-state index in [4.69, 9.17) is 11.5 Å². The van der Waals surface area contributed by atoms with E-state index >= 15 is 0 Å². The first-order valence-corrected chi connectivity index (χ1v) is 9.62. The van der Waals surface area contributed by atoms with Crippen molar-refractivity contribution in [3.63, 3.8) is 0 Å². The molecule has 0 aliphatic rings. The second-order valence-electron chi connectivity index (χ2n) is 6.78. The smallest absolute Gasteiger partial charge is 0.000781 e. The third-order valence-corrected chi connectivity index (χ3v) is 3.42. The molecule has 0 aromatic heterocycles. The van der Waals surface area contributed by atoms with Gasteiger partial charge >= 0.3 is 0 Å². The van der Waals surface area contributed by atoms with Crippen LogP contribution in [-0.2, 0) is 0 Å². The van der Waals surface area contributed by atoms with Crippen molar-refractivity contribution in [3.05, 3.63) is 84.9 Å². The number of hydrogen-bond acceptors (Lipinski definition) is 2. The fourth-order valence-corrected chi connectivity index (χ4v) is 1.31. The van der Waals surface area contributed by atoms with Gasteiger partial charge in [-0.1, -0.05) is 106 Å². The largest absolute Gasteiger partial charge is 0.330 e. The summed E-state index contributed by atoms with van der Waals surface area (Å²) >= 11 is 0. The van der Waals surface area contributed by atoms with Crippen LogP contribution in [0.4, 0.5) is 0 Å². The molecule has 150 valence electrons. The van der Waals surface area contributed by atoms with E-state index in [-0.39, 0.29) is 0 Å². The summed E-state index contributed by atoms with van der Waals surface area (Å²) in [6, 6.07) is 20.6. The maximum absolute atomic E-state index is 5.29. The van der Waals surface area contributed by atoms with Crippen molar-refractivity contribution in [2.75, 3.05) is 6.54 Å². The second-order valence-corrected chi connectivity index (χ2v) is 6.78. The van der Waals surface area contributed by atoms with E-state index in [1.807, 2.05) is 68.5 Å². The predicted octanol–water partition coefficient (Wildman–Crippen LogP) is 6.39. The Bertz CT molecular complexity index is 564. The molecule has 0 radical (unpaired) electrons. The first-order valence-electron chi connectivity index (χ1n) is 9.62. The van der Waals surface area contributed by atoms with Gasteiger partial charge in [0, 0.05) is 6.04 Å². The van der Waals surface area contributed by atoms with Gasteiger partial charge in [0.05, 0.1) is 0 Å². The van der Waals surface area contributed by atoms with Crippen LogP contribution < -0.4 is 11.5 Å². The zero-order chi connectivity index (χ0) is 21.1. The normalized spacial score (nSPS) is 10.1. The first-order chi connectivity index (χ1) is 12.8. The maximum atomic E-state index is 5.29. The Labute approximate surface area is 168 Å². The van der Waals surface area contributed by atoms with Gasteiger partial charge in [0.2, 0.25) is 0 Å². The predicted molar refractivity (Wildman–Crippen MR) is 126 cm³/mol. The minimum Gasteiger partial charge on any atom is -0.330 e. The van der Waals surface area contributed by atoms with Crippen molar-refractivity contribution in [1.29, 1.82) is 0 Å². The SMILES string of the molecule is C=C(C)c1ccccc1.C=Cc1ccccc1.CC(C)CN.CCC(C)N. The Morgan fingerprint density at radius 3 is 1.52 bits per heavy atom. The molecule has 0 spiro atoms. The molecule has 0 aliphatic carbocycles. The Morgan fingerprint density at radius 2 is 1.33 bits per heavy atom. The number of rotatable bonds is 4. The molecule has 0 bridgehead atoms. The Hall–Kier alpha value is -2.16. The number of hydrogen-bond donors (Lipinski definition) is 2. The molecular weight excluding hydrogens is 328 g/mol. The highest BCUT2D eigenvalue weighted by Gasteiger charge is 1.86. The van der Waals surface area contributed by atoms with Crippen molar-refractivity contribution < 1.29 is 0 Å². The molecule has 1 atom stereocenters. The van der Waals surface area contributed by atoms with E-state index in [0.29, 0.717) is 12.0 Å². The summed E-state index contributed by atoms with van der Waals surface area (Å²) in [6.07, 6.45) is 2.92. The van der Waals surface area contributed by atoms with Crippen LogP contribution >= 0.6 is 0 Å². The van der Waals surface area contributed by atoms with Crippen LogP contribution in [0, 0.1) is 5.92 Å². The van der Waals surface area contributed by atoms with Gasteiger partial charge in [-0.05, 0) is 43.9 Å². The molecule has 1 unspecified atom stereocenters. The molecule has 4 N–H and O–H groups in total. The van der Waals surface area contributed by atoms with Crippen LogP contribution in [0.3, 0.4) is 0 Å². The number of benzene rings is 2. The average molecular weight is 369 g/mol. The minimum atomic E-state index is 0.384. The van der Waals surface area contributed by atoms with Gasteiger partial charge in [0.25, 0.3) is 0 Å². The average Bonchev–Trinajstić information content (AvgIpc) is 2.70. The molecule has 2 rings (SSSR count). The van der Waals surface area contributed by atoms with Crippen LogP contribution in [0.25, 0.3) is 11.6 Å².